The number of guanidine groups is 1. The maximum Gasteiger partial charge on any atom is 0.341 e. The first-order chi connectivity index (χ1) is 13.6. The first-order valence-electron chi connectivity index (χ1n) is 9.35. The molecule has 1 aliphatic rings. The molecule has 2 aromatic rings. The molecule has 0 unspecified atom stereocenters. The zero-order chi connectivity index (χ0) is 19.9. The van der Waals surface area contributed by atoms with Crippen molar-refractivity contribution in [2.24, 2.45) is 4.99 Å². The lowest BCUT2D eigenvalue weighted by Gasteiger charge is -2.36. The van der Waals surface area contributed by atoms with Gasteiger partial charge in [-0.15, -0.1) is 24.0 Å². The molecule has 0 spiro atoms. The molecule has 3 heterocycles. The van der Waals surface area contributed by atoms with Crippen molar-refractivity contribution in [1.29, 1.82) is 0 Å². The van der Waals surface area contributed by atoms with Crippen LogP contribution in [-0.2, 0) is 11.3 Å². The predicted molar refractivity (Wildman–Crippen MR) is 121 cm³/mol. The third-order valence-electron chi connectivity index (χ3n) is 4.51. The van der Waals surface area contributed by atoms with Crippen LogP contribution >= 0.6 is 24.0 Å². The molecule has 0 atom stereocenters. The SMILES string of the molecule is CCNC(=NCc1cc(C(=O)OC)c(C)o1)N1CCN(c2ncccn2)CC1.I. The van der Waals surface area contributed by atoms with E-state index in [2.05, 4.69) is 30.1 Å². The van der Waals surface area contributed by atoms with Gasteiger partial charge in [-0.05, 0) is 26.0 Å². The summed E-state index contributed by atoms with van der Waals surface area (Å²) in [5, 5.41) is 3.33. The van der Waals surface area contributed by atoms with Crippen LogP contribution in [0.4, 0.5) is 5.95 Å². The highest BCUT2D eigenvalue weighted by atomic mass is 127. The number of esters is 1. The Morgan fingerprint density at radius 3 is 2.59 bits per heavy atom. The van der Waals surface area contributed by atoms with Crippen LogP contribution in [-0.4, -0.2) is 66.6 Å². The molecule has 1 saturated heterocycles. The number of hydrogen-bond acceptors (Lipinski definition) is 7. The van der Waals surface area contributed by atoms with Gasteiger partial charge in [0.2, 0.25) is 5.95 Å². The normalized spacial score (nSPS) is 14.4. The summed E-state index contributed by atoms with van der Waals surface area (Å²) >= 11 is 0. The number of hydrogen-bond donors (Lipinski definition) is 1. The van der Waals surface area contributed by atoms with Crippen LogP contribution in [0.1, 0.15) is 28.8 Å². The number of methoxy groups -OCH3 is 1. The second-order valence-electron chi connectivity index (χ2n) is 6.37. The molecule has 0 saturated carbocycles. The van der Waals surface area contributed by atoms with Crippen LogP contribution in [0.15, 0.2) is 33.9 Å². The van der Waals surface area contributed by atoms with Crippen LogP contribution < -0.4 is 10.2 Å². The van der Waals surface area contributed by atoms with Crippen molar-refractivity contribution in [2.45, 2.75) is 20.4 Å². The molecule has 1 aliphatic heterocycles. The molecule has 0 bridgehead atoms. The lowest BCUT2D eigenvalue weighted by molar-refractivity contribution is 0.0599. The molecule has 1 fully saturated rings. The number of aliphatic imine (C=N–C) groups is 1. The number of anilines is 1. The van der Waals surface area contributed by atoms with E-state index in [4.69, 9.17) is 9.15 Å². The second kappa shape index (κ2) is 11.0. The van der Waals surface area contributed by atoms with E-state index >= 15 is 0 Å². The van der Waals surface area contributed by atoms with Crippen molar-refractivity contribution >= 4 is 41.9 Å². The Labute approximate surface area is 187 Å². The lowest BCUT2D eigenvalue weighted by Crippen LogP contribution is -2.52. The minimum Gasteiger partial charge on any atom is -0.465 e. The number of nitrogens with one attached hydrogen (secondary N) is 1. The maximum atomic E-state index is 11.7. The molecule has 0 amide bonds. The Morgan fingerprint density at radius 1 is 1.28 bits per heavy atom. The summed E-state index contributed by atoms with van der Waals surface area (Å²) in [5.41, 5.74) is 0.439. The quantitative estimate of drug-likeness (QED) is 0.281. The number of ether oxygens (including phenoxy) is 1. The van der Waals surface area contributed by atoms with E-state index in [1.165, 1.54) is 7.11 Å². The van der Waals surface area contributed by atoms with Crippen LogP contribution in [0, 0.1) is 6.92 Å². The van der Waals surface area contributed by atoms with Gasteiger partial charge in [-0.2, -0.15) is 0 Å². The monoisotopic (exact) mass is 514 g/mol. The molecule has 0 radical (unpaired) electrons. The third kappa shape index (κ3) is 5.81. The average molecular weight is 514 g/mol. The van der Waals surface area contributed by atoms with E-state index in [9.17, 15) is 4.79 Å². The number of furan rings is 1. The summed E-state index contributed by atoms with van der Waals surface area (Å²) in [4.78, 5) is 29.4. The van der Waals surface area contributed by atoms with Crippen LogP contribution in [0.2, 0.25) is 0 Å². The zero-order valence-corrected chi connectivity index (χ0v) is 19.3. The fourth-order valence-corrected chi connectivity index (χ4v) is 3.09. The van der Waals surface area contributed by atoms with E-state index in [0.717, 1.165) is 44.6 Å². The molecule has 3 rings (SSSR count). The molecule has 0 aliphatic carbocycles. The Balaban J connectivity index is 0.00000300. The number of carbonyl (C=O) groups is 1. The van der Waals surface area contributed by atoms with Crippen LogP contribution in [0.5, 0.6) is 0 Å². The minimum absolute atomic E-state index is 0. The van der Waals surface area contributed by atoms with Crippen molar-refractivity contribution < 1.29 is 13.9 Å². The number of aryl methyl sites for hydroxylation is 1. The second-order valence-corrected chi connectivity index (χ2v) is 6.37. The van der Waals surface area contributed by atoms with Gasteiger partial charge in [-0.1, -0.05) is 0 Å². The van der Waals surface area contributed by atoms with Crippen molar-refractivity contribution in [3.05, 3.63) is 41.6 Å². The molecule has 29 heavy (non-hydrogen) atoms. The van der Waals surface area contributed by atoms with Crippen LogP contribution in [0.25, 0.3) is 0 Å². The number of carbonyl (C=O) groups excluding carboxylic acids is 1. The molecular weight excluding hydrogens is 487 g/mol. The van der Waals surface area contributed by atoms with Gasteiger partial charge < -0.3 is 24.3 Å². The van der Waals surface area contributed by atoms with Crippen molar-refractivity contribution in [1.82, 2.24) is 20.2 Å². The zero-order valence-electron chi connectivity index (χ0n) is 16.9. The standard InChI is InChI=1S/C19H26N6O3.HI/c1-4-20-18(23-13-15-12-16(14(2)28-15)17(26)27-3)24-8-10-25(11-9-24)19-21-6-5-7-22-19;/h5-7,12H,4,8-11,13H2,1-3H3,(H,20,23);1H. The highest BCUT2D eigenvalue weighted by molar-refractivity contribution is 14.0. The van der Waals surface area contributed by atoms with Gasteiger partial charge in [0, 0.05) is 45.1 Å². The van der Waals surface area contributed by atoms with Crippen molar-refractivity contribution in [2.75, 3.05) is 44.7 Å². The molecule has 0 aromatic carbocycles. The number of piperazine rings is 1. The summed E-state index contributed by atoms with van der Waals surface area (Å²) < 4.78 is 10.4. The first kappa shape index (κ1) is 22.9. The summed E-state index contributed by atoms with van der Waals surface area (Å²) in [5.74, 6) is 2.35. The van der Waals surface area contributed by atoms with Gasteiger partial charge in [-0.3, -0.25) is 0 Å². The fraction of sp³-hybridized carbons (Fsp3) is 0.474. The summed E-state index contributed by atoms with van der Waals surface area (Å²) in [6.45, 7) is 8.17. The third-order valence-corrected chi connectivity index (χ3v) is 4.51. The number of rotatable bonds is 5. The largest absolute Gasteiger partial charge is 0.465 e. The topological polar surface area (TPSA) is 96.1 Å². The van der Waals surface area contributed by atoms with E-state index < -0.39 is 5.97 Å². The molecule has 10 heteroatoms. The summed E-state index contributed by atoms with van der Waals surface area (Å²) in [7, 11) is 1.36. The molecule has 2 aromatic heterocycles. The summed E-state index contributed by atoms with van der Waals surface area (Å²) in [6, 6.07) is 3.51. The van der Waals surface area contributed by atoms with Gasteiger partial charge in [0.1, 0.15) is 23.6 Å². The van der Waals surface area contributed by atoms with Gasteiger partial charge in [0.05, 0.1) is 7.11 Å². The van der Waals surface area contributed by atoms with E-state index in [1.54, 1.807) is 25.4 Å². The Bertz CT molecular complexity index is 819. The van der Waals surface area contributed by atoms with Gasteiger partial charge in [0.15, 0.2) is 5.96 Å². The lowest BCUT2D eigenvalue weighted by atomic mass is 10.2. The smallest absolute Gasteiger partial charge is 0.341 e. The average Bonchev–Trinajstić information content (AvgIpc) is 3.12. The number of halogens is 1. The Hall–Kier alpha value is -2.37. The molecule has 9 nitrogen and oxygen atoms in total. The number of aromatic nitrogens is 2. The number of nitrogens with zero attached hydrogens (tertiary/aromatic N) is 5. The summed E-state index contributed by atoms with van der Waals surface area (Å²) in [6.07, 6.45) is 3.52. The Kier molecular flexibility index (Phi) is 8.68. The highest BCUT2D eigenvalue weighted by Crippen LogP contribution is 2.17. The minimum atomic E-state index is -0.400. The molecule has 1 N–H and O–H groups in total. The van der Waals surface area contributed by atoms with Crippen molar-refractivity contribution in [3.8, 4) is 0 Å². The van der Waals surface area contributed by atoms with Crippen LogP contribution in [0.3, 0.4) is 0 Å². The van der Waals surface area contributed by atoms with Gasteiger partial charge >= 0.3 is 5.97 Å². The highest BCUT2D eigenvalue weighted by Gasteiger charge is 2.21. The Morgan fingerprint density at radius 2 is 1.97 bits per heavy atom. The maximum absolute atomic E-state index is 11.7. The fourth-order valence-electron chi connectivity index (χ4n) is 3.09. The van der Waals surface area contributed by atoms with Gasteiger partial charge in [-0.25, -0.2) is 19.8 Å². The molecular formula is C19H27IN6O3. The van der Waals surface area contributed by atoms with Crippen molar-refractivity contribution in [3.63, 3.8) is 0 Å². The predicted octanol–water partition coefficient (Wildman–Crippen LogP) is 2.07. The van der Waals surface area contributed by atoms with E-state index in [0.29, 0.717) is 23.6 Å². The van der Waals surface area contributed by atoms with E-state index in [-0.39, 0.29) is 24.0 Å². The van der Waals surface area contributed by atoms with E-state index in [1.807, 2.05) is 13.0 Å². The first-order valence-corrected chi connectivity index (χ1v) is 9.35. The molecule has 158 valence electrons. The van der Waals surface area contributed by atoms with Gasteiger partial charge in [0.25, 0.3) is 0 Å².